The zero-order valence-electron chi connectivity index (χ0n) is 21.6. The van der Waals surface area contributed by atoms with Gasteiger partial charge in [0.05, 0.1) is 25.6 Å². The van der Waals surface area contributed by atoms with Crippen molar-refractivity contribution in [2.75, 3.05) is 37.4 Å². The minimum absolute atomic E-state index is 0.0108. The zero-order valence-corrected chi connectivity index (χ0v) is 21.6. The zero-order chi connectivity index (χ0) is 26.5. The number of ether oxygens (including phenoxy) is 1. The van der Waals surface area contributed by atoms with Crippen LogP contribution in [0.1, 0.15) is 32.3 Å². The third-order valence-electron chi connectivity index (χ3n) is 6.96. The van der Waals surface area contributed by atoms with Crippen LogP contribution in [-0.2, 0) is 16.0 Å². The molecule has 3 atom stereocenters. The first-order valence-corrected chi connectivity index (χ1v) is 12.8. The summed E-state index contributed by atoms with van der Waals surface area (Å²) in [6, 6.07) is 13.9. The number of rotatable bonds is 7. The maximum Gasteiger partial charge on any atom is 0.321 e. The highest BCUT2D eigenvalue weighted by atomic mass is 16.5. The topological polar surface area (TPSA) is 111 Å². The molecule has 4 rings (SSSR count). The quantitative estimate of drug-likeness (QED) is 0.531. The lowest BCUT2D eigenvalue weighted by atomic mass is 10.0. The van der Waals surface area contributed by atoms with E-state index in [1.807, 2.05) is 44.2 Å². The lowest BCUT2D eigenvalue weighted by molar-refractivity contribution is -0.134. The summed E-state index contributed by atoms with van der Waals surface area (Å²) in [4.78, 5) is 41.7. The Morgan fingerprint density at radius 1 is 1.14 bits per heavy atom. The molecule has 9 heteroatoms. The van der Waals surface area contributed by atoms with Crippen LogP contribution in [0, 0.1) is 11.8 Å². The van der Waals surface area contributed by atoms with Crippen molar-refractivity contribution >= 4 is 29.2 Å². The number of hydrogen-bond donors (Lipinski definition) is 3. The third-order valence-corrected chi connectivity index (χ3v) is 6.96. The molecule has 0 bridgehead atoms. The second-order valence-corrected chi connectivity index (χ2v) is 10.2. The number of fused-ring (bicyclic) bond motifs is 1. The Bertz CT molecular complexity index is 1120. The van der Waals surface area contributed by atoms with Crippen LogP contribution in [0.4, 0.5) is 16.2 Å². The normalized spacial score (nSPS) is 20.4. The van der Waals surface area contributed by atoms with Crippen LogP contribution in [0.2, 0.25) is 0 Å². The molecule has 37 heavy (non-hydrogen) atoms. The number of anilines is 2. The van der Waals surface area contributed by atoms with E-state index in [1.54, 1.807) is 35.0 Å². The molecule has 0 radical (unpaired) electrons. The summed E-state index contributed by atoms with van der Waals surface area (Å²) in [5, 5.41) is 15.6. The maximum atomic E-state index is 13.3. The highest BCUT2D eigenvalue weighted by Crippen LogP contribution is 2.32. The molecule has 198 valence electrons. The van der Waals surface area contributed by atoms with Gasteiger partial charge in [0.2, 0.25) is 11.8 Å². The van der Waals surface area contributed by atoms with Gasteiger partial charge in [-0.15, -0.1) is 0 Å². The summed E-state index contributed by atoms with van der Waals surface area (Å²) in [6.07, 6.45) is 1.46. The Labute approximate surface area is 217 Å². The number of nitrogens with one attached hydrogen (secondary N) is 2. The molecular formula is C28H36N4O5. The molecule has 1 aliphatic carbocycles. The van der Waals surface area contributed by atoms with E-state index in [9.17, 15) is 19.5 Å². The van der Waals surface area contributed by atoms with Crippen LogP contribution in [0.15, 0.2) is 48.5 Å². The predicted octanol–water partition coefficient (Wildman–Crippen LogP) is 3.35. The molecule has 2 aliphatic rings. The number of benzene rings is 2. The first-order valence-electron chi connectivity index (χ1n) is 12.8. The molecular weight excluding hydrogens is 472 g/mol. The second-order valence-electron chi connectivity index (χ2n) is 10.2. The number of hydrogen-bond acceptors (Lipinski definition) is 5. The van der Waals surface area contributed by atoms with Crippen LogP contribution >= 0.6 is 0 Å². The van der Waals surface area contributed by atoms with Gasteiger partial charge in [0.15, 0.2) is 0 Å². The summed E-state index contributed by atoms with van der Waals surface area (Å²) in [7, 11) is 1.71. The van der Waals surface area contributed by atoms with Crippen molar-refractivity contribution in [2.24, 2.45) is 11.8 Å². The Balaban J connectivity index is 1.57. The number of nitrogens with zero attached hydrogens (tertiary/aromatic N) is 2. The van der Waals surface area contributed by atoms with E-state index in [1.165, 1.54) is 0 Å². The van der Waals surface area contributed by atoms with Gasteiger partial charge in [0.1, 0.15) is 11.9 Å². The van der Waals surface area contributed by atoms with Crippen molar-refractivity contribution in [3.05, 3.63) is 54.1 Å². The molecule has 1 fully saturated rings. The van der Waals surface area contributed by atoms with Crippen LogP contribution in [-0.4, -0.2) is 71.6 Å². The molecule has 1 heterocycles. The number of carbonyl (C=O) groups excluding carboxylic acids is 3. The van der Waals surface area contributed by atoms with Crippen molar-refractivity contribution < 1.29 is 24.2 Å². The molecule has 0 spiro atoms. The van der Waals surface area contributed by atoms with E-state index < -0.39 is 6.10 Å². The first kappa shape index (κ1) is 26.5. The van der Waals surface area contributed by atoms with Crippen molar-refractivity contribution in [2.45, 2.75) is 45.3 Å². The standard InChI is InChI=1S/C28H36N4O5/c1-18-15-32(19(2)17-33)26(34)14-21-13-23(29-27(35)20-9-10-20)11-12-24(21)37-25(18)16-31(3)28(36)30-22-7-5-4-6-8-22/h4-8,11-13,18-20,25,33H,9-10,14-17H2,1-3H3,(H,29,35)(H,30,36)/t18-,19-,25-/m1/s1. The average Bonchev–Trinajstić information content (AvgIpc) is 3.73. The Hall–Kier alpha value is -3.59. The maximum absolute atomic E-state index is 13.3. The molecule has 1 saturated carbocycles. The monoisotopic (exact) mass is 508 g/mol. The van der Waals surface area contributed by atoms with E-state index in [2.05, 4.69) is 10.6 Å². The van der Waals surface area contributed by atoms with Crippen molar-refractivity contribution in [3.8, 4) is 5.75 Å². The Kier molecular flexibility index (Phi) is 8.33. The van der Waals surface area contributed by atoms with Gasteiger partial charge in [-0.3, -0.25) is 9.59 Å². The average molecular weight is 509 g/mol. The molecule has 0 aromatic heterocycles. The Morgan fingerprint density at radius 2 is 1.86 bits per heavy atom. The fourth-order valence-corrected chi connectivity index (χ4v) is 4.41. The van der Waals surface area contributed by atoms with Crippen molar-refractivity contribution in [1.82, 2.24) is 9.80 Å². The second kappa shape index (κ2) is 11.6. The van der Waals surface area contributed by atoms with E-state index in [4.69, 9.17) is 4.74 Å². The summed E-state index contributed by atoms with van der Waals surface area (Å²) >= 11 is 0. The van der Waals surface area contributed by atoms with Gasteiger partial charge in [0, 0.05) is 42.4 Å². The van der Waals surface area contributed by atoms with Crippen LogP contribution in [0.25, 0.3) is 0 Å². The highest BCUT2D eigenvalue weighted by Gasteiger charge is 2.33. The molecule has 3 N–H and O–H groups in total. The van der Waals surface area contributed by atoms with E-state index in [0.717, 1.165) is 12.8 Å². The highest BCUT2D eigenvalue weighted by molar-refractivity contribution is 5.94. The summed E-state index contributed by atoms with van der Waals surface area (Å²) < 4.78 is 6.45. The number of aliphatic hydroxyl groups excluding tert-OH is 1. The van der Waals surface area contributed by atoms with Gasteiger partial charge in [-0.05, 0) is 50.1 Å². The molecule has 0 unspecified atom stereocenters. The smallest absolute Gasteiger partial charge is 0.321 e. The minimum atomic E-state index is -0.420. The van der Waals surface area contributed by atoms with Gasteiger partial charge in [-0.1, -0.05) is 25.1 Å². The number of urea groups is 1. The number of amides is 4. The van der Waals surface area contributed by atoms with Crippen LogP contribution in [0.5, 0.6) is 5.75 Å². The number of para-hydroxylation sites is 1. The van der Waals surface area contributed by atoms with E-state index >= 15 is 0 Å². The summed E-state index contributed by atoms with van der Waals surface area (Å²) in [5.74, 6) is 0.338. The molecule has 1 aliphatic heterocycles. The van der Waals surface area contributed by atoms with E-state index in [-0.39, 0.29) is 55.3 Å². The number of likely N-dealkylation sites (N-methyl/N-ethyl adjacent to an activating group) is 1. The van der Waals surface area contributed by atoms with E-state index in [0.29, 0.717) is 29.2 Å². The Morgan fingerprint density at radius 3 is 2.54 bits per heavy atom. The predicted molar refractivity (Wildman–Crippen MR) is 141 cm³/mol. The van der Waals surface area contributed by atoms with Gasteiger partial charge in [0.25, 0.3) is 0 Å². The van der Waals surface area contributed by atoms with Gasteiger partial charge >= 0.3 is 6.03 Å². The van der Waals surface area contributed by atoms with Crippen LogP contribution < -0.4 is 15.4 Å². The lowest BCUT2D eigenvalue weighted by Crippen LogP contribution is -2.48. The van der Waals surface area contributed by atoms with Gasteiger partial charge in [-0.2, -0.15) is 0 Å². The largest absolute Gasteiger partial charge is 0.488 e. The molecule has 9 nitrogen and oxygen atoms in total. The number of carbonyl (C=O) groups is 3. The number of aliphatic hydroxyl groups is 1. The molecule has 4 amide bonds. The van der Waals surface area contributed by atoms with Gasteiger partial charge < -0.3 is 30.3 Å². The fourth-order valence-electron chi connectivity index (χ4n) is 4.41. The lowest BCUT2D eigenvalue weighted by Gasteiger charge is -2.34. The van der Waals surface area contributed by atoms with Crippen molar-refractivity contribution in [1.29, 1.82) is 0 Å². The van der Waals surface area contributed by atoms with Crippen LogP contribution in [0.3, 0.4) is 0 Å². The summed E-state index contributed by atoms with van der Waals surface area (Å²) in [6.45, 7) is 4.29. The van der Waals surface area contributed by atoms with Crippen molar-refractivity contribution in [3.63, 3.8) is 0 Å². The molecule has 2 aromatic carbocycles. The summed E-state index contributed by atoms with van der Waals surface area (Å²) in [5.41, 5.74) is 1.98. The minimum Gasteiger partial charge on any atom is -0.488 e. The molecule has 2 aromatic rings. The van der Waals surface area contributed by atoms with Gasteiger partial charge in [-0.25, -0.2) is 4.79 Å². The SMILES string of the molecule is C[C@@H]1CN([C@H](C)CO)C(=O)Cc2cc(NC(=O)C3CC3)ccc2O[C@@H]1CN(C)C(=O)Nc1ccccc1. The third kappa shape index (κ3) is 6.80. The first-order chi connectivity index (χ1) is 17.7. The molecule has 0 saturated heterocycles. The fraction of sp³-hybridized carbons (Fsp3) is 0.464.